The van der Waals surface area contributed by atoms with Crippen LogP contribution in [0.5, 0.6) is 0 Å². The molecule has 0 aromatic carbocycles. The summed E-state index contributed by atoms with van der Waals surface area (Å²) >= 11 is 0. The molecule has 0 saturated carbocycles. The van der Waals surface area contributed by atoms with Crippen LogP contribution >= 0.6 is 0 Å². The van der Waals surface area contributed by atoms with Crippen molar-refractivity contribution in [3.05, 3.63) is 29.3 Å². The summed E-state index contributed by atoms with van der Waals surface area (Å²) in [5.41, 5.74) is -0.855. The number of alkyl halides is 3. The Labute approximate surface area is 159 Å². The molecule has 0 spiro atoms. The minimum Gasteiger partial charge on any atom is -0.335 e. The van der Waals surface area contributed by atoms with Crippen LogP contribution in [0.1, 0.15) is 21.9 Å². The van der Waals surface area contributed by atoms with E-state index < -0.39 is 27.8 Å². The van der Waals surface area contributed by atoms with E-state index in [2.05, 4.69) is 10.2 Å². The molecule has 28 heavy (non-hydrogen) atoms. The van der Waals surface area contributed by atoms with Gasteiger partial charge in [0.25, 0.3) is 5.91 Å². The summed E-state index contributed by atoms with van der Waals surface area (Å²) in [7, 11) is -0.872. The number of carbonyl (C=O) groups is 1. The molecule has 0 unspecified atom stereocenters. The van der Waals surface area contributed by atoms with Gasteiger partial charge in [-0.05, 0) is 6.92 Å². The Morgan fingerprint density at radius 3 is 2.18 bits per heavy atom. The van der Waals surface area contributed by atoms with Gasteiger partial charge < -0.3 is 4.90 Å². The quantitative estimate of drug-likeness (QED) is 0.726. The van der Waals surface area contributed by atoms with Crippen molar-refractivity contribution >= 4 is 15.9 Å². The first-order valence-electron chi connectivity index (χ1n) is 8.32. The van der Waals surface area contributed by atoms with E-state index in [9.17, 15) is 26.4 Å². The second-order valence-corrected chi connectivity index (χ2v) is 8.36. The Kier molecular flexibility index (Phi) is 5.00. The smallest absolute Gasteiger partial charge is 0.335 e. The zero-order valence-corrected chi connectivity index (χ0v) is 16.2. The molecule has 3 rings (SSSR count). The molecular weight excluding hydrogens is 401 g/mol. The maximum absolute atomic E-state index is 12.8. The Bertz CT molecular complexity index is 1000. The first kappa shape index (κ1) is 20.3. The van der Waals surface area contributed by atoms with Gasteiger partial charge in [0.1, 0.15) is 10.6 Å². The fraction of sp³-hybridized carbons (Fsp3) is 0.533. The van der Waals surface area contributed by atoms with Crippen molar-refractivity contribution in [2.75, 3.05) is 26.2 Å². The molecule has 1 saturated heterocycles. The highest BCUT2D eigenvalue weighted by Crippen LogP contribution is 2.29. The van der Waals surface area contributed by atoms with Gasteiger partial charge in [-0.25, -0.2) is 8.42 Å². The van der Waals surface area contributed by atoms with Crippen LogP contribution in [0.15, 0.2) is 17.2 Å². The standard InChI is InChI=1S/C15H19F3N6O3S/c1-10-12(9-19-21(10)2)28(26,27)24-6-4-23(5-7-24)14(25)11-8-13(15(16,17)18)20-22(11)3/h8-9H,4-7H2,1-3H3. The van der Waals surface area contributed by atoms with Crippen LogP contribution in [0.25, 0.3) is 0 Å². The van der Waals surface area contributed by atoms with Gasteiger partial charge in [-0.15, -0.1) is 0 Å². The first-order chi connectivity index (χ1) is 12.9. The first-order valence-corrected chi connectivity index (χ1v) is 9.76. The summed E-state index contributed by atoms with van der Waals surface area (Å²) in [4.78, 5) is 14.0. The molecule has 0 atom stereocenters. The minimum atomic E-state index is -4.65. The largest absolute Gasteiger partial charge is 0.435 e. The van der Waals surface area contributed by atoms with Crippen molar-refractivity contribution in [3.63, 3.8) is 0 Å². The number of halogens is 3. The molecule has 2 aromatic rings. The minimum absolute atomic E-state index is 0.0341. The van der Waals surface area contributed by atoms with E-state index >= 15 is 0 Å². The van der Waals surface area contributed by atoms with Crippen LogP contribution in [0, 0.1) is 6.92 Å². The molecule has 0 aliphatic carbocycles. The third kappa shape index (κ3) is 3.51. The second kappa shape index (κ2) is 6.88. The van der Waals surface area contributed by atoms with Crippen molar-refractivity contribution < 1.29 is 26.4 Å². The van der Waals surface area contributed by atoms with Crippen molar-refractivity contribution in [2.45, 2.75) is 18.0 Å². The number of aryl methyl sites for hydroxylation is 2. The van der Waals surface area contributed by atoms with Gasteiger partial charge in [-0.2, -0.15) is 27.7 Å². The highest BCUT2D eigenvalue weighted by Gasteiger charge is 2.37. The molecule has 3 heterocycles. The summed E-state index contributed by atoms with van der Waals surface area (Å²) in [6.07, 6.45) is -3.37. The van der Waals surface area contributed by atoms with Gasteiger partial charge in [0.15, 0.2) is 5.69 Å². The van der Waals surface area contributed by atoms with E-state index in [0.717, 1.165) is 4.68 Å². The predicted octanol–water partition coefficient (Wildman–Crippen LogP) is 0.628. The number of carbonyl (C=O) groups excluding carboxylic acids is 1. The summed E-state index contributed by atoms with van der Waals surface area (Å²) in [5, 5.41) is 7.27. The van der Waals surface area contributed by atoms with Crippen molar-refractivity contribution in [2.24, 2.45) is 14.1 Å². The number of aromatic nitrogens is 4. The van der Waals surface area contributed by atoms with E-state index in [1.165, 1.54) is 27.1 Å². The summed E-state index contributed by atoms with van der Waals surface area (Å²) in [6, 6.07) is 0.699. The molecule has 1 amide bonds. The number of hydrogen-bond acceptors (Lipinski definition) is 5. The van der Waals surface area contributed by atoms with Gasteiger partial charge in [-0.1, -0.05) is 0 Å². The lowest BCUT2D eigenvalue weighted by molar-refractivity contribution is -0.141. The lowest BCUT2D eigenvalue weighted by Gasteiger charge is -2.33. The van der Waals surface area contributed by atoms with E-state index in [1.54, 1.807) is 14.0 Å². The molecule has 9 nitrogen and oxygen atoms in total. The SMILES string of the molecule is Cc1c(S(=O)(=O)N2CCN(C(=O)c3cc(C(F)(F)F)nn3C)CC2)cnn1C. The van der Waals surface area contributed by atoms with E-state index in [0.29, 0.717) is 11.8 Å². The fourth-order valence-corrected chi connectivity index (χ4v) is 4.58. The predicted molar refractivity (Wildman–Crippen MR) is 90.8 cm³/mol. The molecule has 154 valence electrons. The Hall–Kier alpha value is -2.41. The van der Waals surface area contributed by atoms with Crippen LogP contribution < -0.4 is 0 Å². The average Bonchev–Trinajstić information content (AvgIpc) is 3.18. The van der Waals surface area contributed by atoms with Crippen LogP contribution in [0.4, 0.5) is 13.2 Å². The number of hydrogen-bond donors (Lipinski definition) is 0. The molecule has 13 heteroatoms. The molecule has 1 aliphatic heterocycles. The summed E-state index contributed by atoms with van der Waals surface area (Å²) < 4.78 is 67.5. The van der Waals surface area contributed by atoms with Crippen LogP contribution in [0.3, 0.4) is 0 Å². The molecular formula is C15H19F3N6O3S. The van der Waals surface area contributed by atoms with Gasteiger partial charge in [-0.3, -0.25) is 14.2 Å². The van der Waals surface area contributed by atoms with Crippen LogP contribution in [-0.2, 0) is 30.3 Å². The molecule has 1 fully saturated rings. The molecule has 0 N–H and O–H groups in total. The van der Waals surface area contributed by atoms with Crippen molar-refractivity contribution in [1.29, 1.82) is 0 Å². The average molecular weight is 420 g/mol. The highest BCUT2D eigenvalue weighted by molar-refractivity contribution is 7.89. The molecule has 0 bridgehead atoms. The monoisotopic (exact) mass is 420 g/mol. The fourth-order valence-electron chi connectivity index (χ4n) is 2.97. The van der Waals surface area contributed by atoms with Crippen molar-refractivity contribution in [1.82, 2.24) is 28.8 Å². The lowest BCUT2D eigenvalue weighted by atomic mass is 10.3. The normalized spacial score (nSPS) is 16.6. The number of nitrogens with zero attached hydrogens (tertiary/aromatic N) is 6. The summed E-state index contributed by atoms with van der Waals surface area (Å²) in [6.45, 7) is 1.83. The molecule has 1 aliphatic rings. The van der Waals surface area contributed by atoms with Gasteiger partial charge in [0.05, 0.1) is 11.9 Å². The van der Waals surface area contributed by atoms with Gasteiger partial charge in [0.2, 0.25) is 10.0 Å². The van der Waals surface area contributed by atoms with E-state index in [-0.39, 0.29) is 36.8 Å². The van der Waals surface area contributed by atoms with Gasteiger partial charge >= 0.3 is 6.18 Å². The number of amides is 1. The zero-order chi connectivity index (χ0) is 20.9. The number of piperazine rings is 1. The third-order valence-electron chi connectivity index (χ3n) is 4.72. The van der Waals surface area contributed by atoms with Crippen LogP contribution in [0.2, 0.25) is 0 Å². The summed E-state index contributed by atoms with van der Waals surface area (Å²) in [5.74, 6) is -0.625. The lowest BCUT2D eigenvalue weighted by Crippen LogP contribution is -2.50. The van der Waals surface area contributed by atoms with Crippen molar-refractivity contribution in [3.8, 4) is 0 Å². The Balaban J connectivity index is 1.73. The number of sulfonamides is 1. The zero-order valence-electron chi connectivity index (χ0n) is 15.4. The molecule has 2 aromatic heterocycles. The topological polar surface area (TPSA) is 93.3 Å². The van der Waals surface area contributed by atoms with E-state index in [1.807, 2.05) is 0 Å². The third-order valence-corrected chi connectivity index (χ3v) is 6.72. The maximum atomic E-state index is 12.8. The van der Waals surface area contributed by atoms with Gasteiger partial charge in [0, 0.05) is 46.3 Å². The number of rotatable bonds is 3. The maximum Gasteiger partial charge on any atom is 0.435 e. The Morgan fingerprint density at radius 2 is 1.71 bits per heavy atom. The Morgan fingerprint density at radius 1 is 1.11 bits per heavy atom. The van der Waals surface area contributed by atoms with Crippen LogP contribution in [-0.4, -0.2) is 69.3 Å². The highest BCUT2D eigenvalue weighted by atomic mass is 32.2. The molecule has 0 radical (unpaired) electrons. The van der Waals surface area contributed by atoms with E-state index in [4.69, 9.17) is 0 Å². The second-order valence-electron chi connectivity index (χ2n) is 6.45.